The lowest BCUT2D eigenvalue weighted by atomic mass is 9.74. The number of fused-ring (bicyclic) bond motifs is 3. The van der Waals surface area contributed by atoms with Crippen LogP contribution in [0.25, 0.3) is 0 Å². The predicted molar refractivity (Wildman–Crippen MR) is 95.3 cm³/mol. The van der Waals surface area contributed by atoms with Crippen molar-refractivity contribution in [2.75, 3.05) is 5.32 Å². The van der Waals surface area contributed by atoms with Gasteiger partial charge in [-0.2, -0.15) is 0 Å². The summed E-state index contributed by atoms with van der Waals surface area (Å²) in [6.45, 7) is 3.91. The lowest BCUT2D eigenvalue weighted by Crippen LogP contribution is -2.31. The highest BCUT2D eigenvalue weighted by Gasteiger charge is 2.42. The van der Waals surface area contributed by atoms with E-state index in [1.165, 1.54) is 6.07 Å². The molecule has 1 aliphatic carbocycles. The molecule has 0 radical (unpaired) electrons. The first-order valence-corrected chi connectivity index (χ1v) is 8.45. The summed E-state index contributed by atoms with van der Waals surface area (Å²) < 4.78 is 14.4. The Balaban J connectivity index is 1.94. The molecule has 0 saturated heterocycles. The van der Waals surface area contributed by atoms with Crippen LogP contribution in [0, 0.1) is 35.7 Å². The fourth-order valence-electron chi connectivity index (χ4n) is 4.26. The number of allylic oxidation sites excluding steroid dienone is 2. The van der Waals surface area contributed by atoms with E-state index in [-0.39, 0.29) is 34.3 Å². The number of anilines is 1. The molecular formula is C20H19FN2O2. The number of hydrogen-bond acceptors (Lipinski definition) is 3. The van der Waals surface area contributed by atoms with E-state index in [1.54, 1.807) is 18.2 Å². The molecule has 0 aromatic heterocycles. The lowest BCUT2D eigenvalue weighted by molar-refractivity contribution is -0.384. The van der Waals surface area contributed by atoms with Crippen molar-refractivity contribution in [2.45, 2.75) is 32.2 Å². The van der Waals surface area contributed by atoms with Crippen LogP contribution in [0.4, 0.5) is 15.8 Å². The average Bonchev–Trinajstić information content (AvgIpc) is 3.07. The van der Waals surface area contributed by atoms with Gasteiger partial charge in [-0.3, -0.25) is 10.1 Å². The quantitative estimate of drug-likeness (QED) is 0.466. The van der Waals surface area contributed by atoms with E-state index in [0.717, 1.165) is 23.1 Å². The molecule has 1 N–H and O–H groups in total. The highest BCUT2D eigenvalue weighted by atomic mass is 19.1. The highest BCUT2D eigenvalue weighted by Crippen LogP contribution is 2.53. The lowest BCUT2D eigenvalue weighted by Gasteiger charge is -2.38. The van der Waals surface area contributed by atoms with Crippen molar-refractivity contribution in [1.29, 1.82) is 0 Å². The molecule has 128 valence electrons. The summed E-state index contributed by atoms with van der Waals surface area (Å²) in [6, 6.07) is 8.00. The largest absolute Gasteiger partial charge is 0.372 e. The van der Waals surface area contributed by atoms with Crippen molar-refractivity contribution < 1.29 is 9.31 Å². The van der Waals surface area contributed by atoms with Gasteiger partial charge in [-0.15, -0.1) is 0 Å². The van der Waals surface area contributed by atoms with Gasteiger partial charge in [0.15, 0.2) is 0 Å². The maximum absolute atomic E-state index is 14.4. The SMILES string of the molecule is Cc1cc([N+](=O)[O-])c2c(c1C)[C@@H]1C=CC[C@@H]1[C@H](c1ccccc1F)N2. The van der Waals surface area contributed by atoms with E-state index in [4.69, 9.17) is 0 Å². The monoisotopic (exact) mass is 338 g/mol. The second-order valence-corrected chi connectivity index (χ2v) is 6.88. The molecule has 2 aromatic rings. The van der Waals surface area contributed by atoms with Gasteiger partial charge in [-0.05, 0) is 48.9 Å². The van der Waals surface area contributed by atoms with Crippen molar-refractivity contribution in [1.82, 2.24) is 0 Å². The molecule has 0 fully saturated rings. The predicted octanol–water partition coefficient (Wildman–Crippen LogP) is 5.18. The van der Waals surface area contributed by atoms with E-state index in [2.05, 4.69) is 17.5 Å². The molecule has 0 saturated carbocycles. The topological polar surface area (TPSA) is 55.2 Å². The summed E-state index contributed by atoms with van der Waals surface area (Å²) in [5.41, 5.74) is 4.14. The zero-order valence-electron chi connectivity index (χ0n) is 14.1. The molecular weight excluding hydrogens is 319 g/mol. The first-order valence-electron chi connectivity index (χ1n) is 8.45. The number of benzene rings is 2. The summed E-state index contributed by atoms with van der Waals surface area (Å²) in [7, 11) is 0. The average molecular weight is 338 g/mol. The molecule has 25 heavy (non-hydrogen) atoms. The van der Waals surface area contributed by atoms with Gasteiger partial charge in [0.05, 0.1) is 11.0 Å². The van der Waals surface area contributed by atoms with Gasteiger partial charge in [0.25, 0.3) is 5.69 Å². The third kappa shape index (κ3) is 2.34. The summed E-state index contributed by atoms with van der Waals surface area (Å²) in [5.74, 6) is -0.0513. The maximum atomic E-state index is 14.4. The van der Waals surface area contributed by atoms with Crippen molar-refractivity contribution >= 4 is 11.4 Å². The van der Waals surface area contributed by atoms with Crippen LogP contribution in [0.15, 0.2) is 42.5 Å². The van der Waals surface area contributed by atoms with Gasteiger partial charge in [-0.1, -0.05) is 30.4 Å². The minimum Gasteiger partial charge on any atom is -0.372 e. The Labute approximate surface area is 145 Å². The number of nitrogens with one attached hydrogen (secondary N) is 1. The molecule has 1 aliphatic heterocycles. The Morgan fingerprint density at radius 2 is 2.04 bits per heavy atom. The fraction of sp³-hybridized carbons (Fsp3) is 0.300. The number of nitro benzene ring substituents is 1. The molecule has 0 bridgehead atoms. The number of nitro groups is 1. The Kier molecular flexibility index (Phi) is 3.60. The van der Waals surface area contributed by atoms with Crippen LogP contribution in [0.1, 0.15) is 40.6 Å². The van der Waals surface area contributed by atoms with Gasteiger partial charge in [-0.25, -0.2) is 4.39 Å². The van der Waals surface area contributed by atoms with Crippen molar-refractivity contribution in [3.63, 3.8) is 0 Å². The Morgan fingerprint density at radius 3 is 2.76 bits per heavy atom. The Bertz CT molecular complexity index is 907. The summed E-state index contributed by atoms with van der Waals surface area (Å²) >= 11 is 0. The minimum atomic E-state index is -0.352. The fourth-order valence-corrected chi connectivity index (χ4v) is 4.26. The van der Waals surface area contributed by atoms with Gasteiger partial charge < -0.3 is 5.32 Å². The summed E-state index contributed by atoms with van der Waals surface area (Å²) in [5, 5.41) is 14.9. The second kappa shape index (κ2) is 5.69. The normalized spacial score (nSPS) is 23.7. The molecule has 1 heterocycles. The van der Waals surface area contributed by atoms with E-state index in [9.17, 15) is 14.5 Å². The molecule has 4 rings (SSSR count). The first kappa shape index (κ1) is 15.8. The molecule has 5 heteroatoms. The third-order valence-electron chi connectivity index (χ3n) is 5.59. The van der Waals surface area contributed by atoms with Crippen LogP contribution in [-0.4, -0.2) is 4.92 Å². The van der Waals surface area contributed by atoms with E-state index < -0.39 is 0 Å². The van der Waals surface area contributed by atoms with Gasteiger partial charge in [0, 0.05) is 17.5 Å². The van der Waals surface area contributed by atoms with Crippen LogP contribution < -0.4 is 5.32 Å². The van der Waals surface area contributed by atoms with Crippen LogP contribution in [-0.2, 0) is 0 Å². The highest BCUT2D eigenvalue weighted by molar-refractivity contribution is 5.74. The minimum absolute atomic E-state index is 0.0678. The van der Waals surface area contributed by atoms with E-state index in [1.807, 2.05) is 19.9 Å². The molecule has 2 aromatic carbocycles. The number of nitrogens with zero attached hydrogens (tertiary/aromatic N) is 1. The van der Waals surface area contributed by atoms with Gasteiger partial charge >= 0.3 is 0 Å². The number of halogens is 1. The molecule has 0 amide bonds. The summed E-state index contributed by atoms with van der Waals surface area (Å²) in [6.07, 6.45) is 5.05. The number of aryl methyl sites for hydroxylation is 1. The van der Waals surface area contributed by atoms with Crippen LogP contribution >= 0.6 is 0 Å². The molecule has 2 aliphatic rings. The summed E-state index contributed by atoms with van der Waals surface area (Å²) in [4.78, 5) is 11.3. The molecule has 0 unspecified atom stereocenters. The smallest absolute Gasteiger partial charge is 0.292 e. The first-order chi connectivity index (χ1) is 12.0. The van der Waals surface area contributed by atoms with Crippen LogP contribution in [0.3, 0.4) is 0 Å². The van der Waals surface area contributed by atoms with Gasteiger partial charge in [0.2, 0.25) is 0 Å². The zero-order chi connectivity index (χ0) is 17.7. The number of hydrogen-bond donors (Lipinski definition) is 1. The van der Waals surface area contributed by atoms with Gasteiger partial charge in [0.1, 0.15) is 11.5 Å². The second-order valence-electron chi connectivity index (χ2n) is 6.88. The van der Waals surface area contributed by atoms with E-state index in [0.29, 0.717) is 11.3 Å². The molecule has 0 spiro atoms. The van der Waals surface area contributed by atoms with Crippen molar-refractivity contribution in [2.24, 2.45) is 5.92 Å². The Hall–Kier alpha value is -2.69. The van der Waals surface area contributed by atoms with Crippen molar-refractivity contribution in [3.8, 4) is 0 Å². The molecule has 4 nitrogen and oxygen atoms in total. The standard InChI is InChI=1S/C20H19FN2O2/c1-11-10-17(23(24)25)20-18(12(11)2)13-7-5-8-14(13)19(22-20)15-6-3-4-9-16(15)21/h3-7,9-10,13-14,19,22H,8H2,1-2H3/t13-,14+,19-/m1/s1. The maximum Gasteiger partial charge on any atom is 0.292 e. The van der Waals surface area contributed by atoms with E-state index >= 15 is 0 Å². The number of rotatable bonds is 2. The van der Waals surface area contributed by atoms with Crippen LogP contribution in [0.5, 0.6) is 0 Å². The van der Waals surface area contributed by atoms with Crippen LogP contribution in [0.2, 0.25) is 0 Å². The zero-order valence-corrected chi connectivity index (χ0v) is 14.1. The Morgan fingerprint density at radius 1 is 1.28 bits per heavy atom. The van der Waals surface area contributed by atoms with Crippen molar-refractivity contribution in [3.05, 3.63) is 80.7 Å². The third-order valence-corrected chi connectivity index (χ3v) is 5.59. The molecule has 3 atom stereocenters.